The van der Waals surface area contributed by atoms with E-state index in [-0.39, 0.29) is 5.69 Å². The Kier molecular flexibility index (Phi) is 5.73. The second-order valence-corrected chi connectivity index (χ2v) is 8.35. The first-order valence-electron chi connectivity index (χ1n) is 8.66. The minimum Gasteiger partial charge on any atom is -0.486 e. The van der Waals surface area contributed by atoms with Gasteiger partial charge < -0.3 is 14.8 Å². The molecule has 1 amide bonds. The molecule has 1 aliphatic heterocycles. The van der Waals surface area contributed by atoms with E-state index in [2.05, 4.69) is 5.32 Å². The summed E-state index contributed by atoms with van der Waals surface area (Å²) in [5, 5.41) is 2.75. The van der Waals surface area contributed by atoms with Gasteiger partial charge in [0.1, 0.15) is 25.6 Å². The summed E-state index contributed by atoms with van der Waals surface area (Å²) in [6.07, 6.45) is 0.968. The molecule has 2 aromatic carbocycles. The predicted molar refractivity (Wildman–Crippen MR) is 103 cm³/mol. The molecule has 150 valence electrons. The molecular formula is C19H21FN2O5S. The highest BCUT2D eigenvalue weighted by atomic mass is 32.2. The molecule has 1 N–H and O–H groups in total. The van der Waals surface area contributed by atoms with Crippen LogP contribution in [0.25, 0.3) is 0 Å². The van der Waals surface area contributed by atoms with Gasteiger partial charge in [0.2, 0.25) is 15.9 Å². The lowest BCUT2D eigenvalue weighted by atomic mass is 10.1. The number of ether oxygens (including phenoxy) is 2. The molecule has 1 heterocycles. The third-order valence-corrected chi connectivity index (χ3v) is 5.37. The van der Waals surface area contributed by atoms with Crippen molar-refractivity contribution < 1.29 is 27.1 Å². The van der Waals surface area contributed by atoms with Gasteiger partial charge in [-0.05, 0) is 42.8 Å². The van der Waals surface area contributed by atoms with Crippen molar-refractivity contribution >= 4 is 21.6 Å². The Hall–Kier alpha value is -2.81. The summed E-state index contributed by atoms with van der Waals surface area (Å²) >= 11 is 0. The lowest BCUT2D eigenvalue weighted by molar-refractivity contribution is -0.120. The maximum absolute atomic E-state index is 13.5. The van der Waals surface area contributed by atoms with Crippen LogP contribution in [0.3, 0.4) is 0 Å². The molecule has 28 heavy (non-hydrogen) atoms. The van der Waals surface area contributed by atoms with Crippen molar-refractivity contribution in [3.8, 4) is 11.5 Å². The van der Waals surface area contributed by atoms with Gasteiger partial charge in [0.15, 0.2) is 11.5 Å². The molecule has 0 saturated heterocycles. The number of fused-ring (bicyclic) bond motifs is 1. The Morgan fingerprint density at radius 1 is 1.18 bits per heavy atom. The fourth-order valence-corrected chi connectivity index (χ4v) is 3.71. The van der Waals surface area contributed by atoms with Crippen molar-refractivity contribution in [2.24, 2.45) is 0 Å². The third-order valence-electron chi connectivity index (χ3n) is 4.23. The van der Waals surface area contributed by atoms with Crippen LogP contribution < -0.4 is 19.1 Å². The predicted octanol–water partition coefficient (Wildman–Crippen LogP) is 2.24. The summed E-state index contributed by atoms with van der Waals surface area (Å²) in [4.78, 5) is 12.5. The molecule has 0 aromatic heterocycles. The smallest absolute Gasteiger partial charge is 0.241 e. The topological polar surface area (TPSA) is 84.9 Å². The first-order valence-corrected chi connectivity index (χ1v) is 10.5. The van der Waals surface area contributed by atoms with E-state index in [0.29, 0.717) is 24.7 Å². The number of carbonyl (C=O) groups excluding carboxylic acids is 1. The number of nitrogens with zero attached hydrogens (tertiary/aromatic N) is 1. The lowest BCUT2D eigenvalue weighted by Crippen LogP contribution is -2.41. The SMILES string of the molecule is CC(NC(=O)CN(c1cccc(F)c1)S(C)(=O)=O)c1ccc2c(c1)OCCO2. The molecule has 0 aliphatic carbocycles. The van der Waals surface area contributed by atoms with Gasteiger partial charge in [0, 0.05) is 0 Å². The molecule has 0 saturated carbocycles. The molecule has 2 aromatic rings. The molecule has 7 nitrogen and oxygen atoms in total. The number of nitrogens with one attached hydrogen (secondary N) is 1. The number of amides is 1. The van der Waals surface area contributed by atoms with Crippen molar-refractivity contribution in [1.29, 1.82) is 0 Å². The van der Waals surface area contributed by atoms with Crippen LogP contribution in [0.1, 0.15) is 18.5 Å². The number of rotatable bonds is 6. The average molecular weight is 408 g/mol. The van der Waals surface area contributed by atoms with Crippen molar-refractivity contribution in [3.05, 3.63) is 53.8 Å². The van der Waals surface area contributed by atoms with E-state index in [1.807, 2.05) is 0 Å². The van der Waals surface area contributed by atoms with Gasteiger partial charge in [-0.2, -0.15) is 0 Å². The molecule has 0 spiro atoms. The van der Waals surface area contributed by atoms with Gasteiger partial charge in [-0.1, -0.05) is 12.1 Å². The minimum absolute atomic E-state index is 0.0876. The maximum Gasteiger partial charge on any atom is 0.241 e. The second kappa shape index (κ2) is 8.05. The van der Waals surface area contributed by atoms with E-state index in [4.69, 9.17) is 9.47 Å². The van der Waals surface area contributed by atoms with Gasteiger partial charge in [-0.15, -0.1) is 0 Å². The average Bonchev–Trinajstić information content (AvgIpc) is 2.64. The number of hydrogen-bond acceptors (Lipinski definition) is 5. The number of hydrogen-bond donors (Lipinski definition) is 1. The summed E-state index contributed by atoms with van der Waals surface area (Å²) in [6.45, 7) is 2.25. The summed E-state index contributed by atoms with van der Waals surface area (Å²) < 4.78 is 49.5. The van der Waals surface area contributed by atoms with Crippen molar-refractivity contribution in [2.45, 2.75) is 13.0 Å². The Bertz CT molecular complexity index is 980. The van der Waals surface area contributed by atoms with Crippen LogP contribution in [0.15, 0.2) is 42.5 Å². The Morgan fingerprint density at radius 3 is 2.57 bits per heavy atom. The first kappa shape index (κ1) is 19.9. The minimum atomic E-state index is -3.77. The van der Waals surface area contributed by atoms with Gasteiger partial charge in [-0.3, -0.25) is 9.10 Å². The molecule has 0 bridgehead atoms. The normalized spacial score (nSPS) is 14.2. The van der Waals surface area contributed by atoms with E-state index in [1.165, 1.54) is 18.2 Å². The highest BCUT2D eigenvalue weighted by Gasteiger charge is 2.23. The van der Waals surface area contributed by atoms with Crippen LogP contribution in [0.2, 0.25) is 0 Å². The van der Waals surface area contributed by atoms with Gasteiger partial charge in [-0.25, -0.2) is 12.8 Å². The zero-order chi connectivity index (χ0) is 20.3. The van der Waals surface area contributed by atoms with Crippen LogP contribution in [0, 0.1) is 5.82 Å². The number of anilines is 1. The number of sulfonamides is 1. The van der Waals surface area contributed by atoms with Crippen LogP contribution in [-0.4, -0.2) is 40.3 Å². The van der Waals surface area contributed by atoms with Crippen LogP contribution >= 0.6 is 0 Å². The van der Waals surface area contributed by atoms with E-state index in [1.54, 1.807) is 25.1 Å². The zero-order valence-electron chi connectivity index (χ0n) is 15.5. The third kappa shape index (κ3) is 4.72. The number of halogens is 1. The molecule has 3 rings (SSSR count). The second-order valence-electron chi connectivity index (χ2n) is 6.44. The molecule has 0 fully saturated rings. The van der Waals surface area contributed by atoms with Crippen molar-refractivity contribution in [3.63, 3.8) is 0 Å². The Balaban J connectivity index is 1.72. The molecule has 9 heteroatoms. The Morgan fingerprint density at radius 2 is 1.89 bits per heavy atom. The summed E-state index contributed by atoms with van der Waals surface area (Å²) in [5.41, 5.74) is 0.874. The quantitative estimate of drug-likeness (QED) is 0.793. The van der Waals surface area contributed by atoms with Crippen LogP contribution in [0.5, 0.6) is 11.5 Å². The zero-order valence-corrected chi connectivity index (χ0v) is 16.3. The van der Waals surface area contributed by atoms with Gasteiger partial charge in [0.25, 0.3) is 0 Å². The highest BCUT2D eigenvalue weighted by Crippen LogP contribution is 2.32. The van der Waals surface area contributed by atoms with Crippen LogP contribution in [-0.2, 0) is 14.8 Å². The lowest BCUT2D eigenvalue weighted by Gasteiger charge is -2.24. The molecule has 1 aliphatic rings. The van der Waals surface area contributed by atoms with E-state index in [9.17, 15) is 17.6 Å². The standard InChI is InChI=1S/C19H21FN2O5S/c1-13(14-6-7-17-18(10-14)27-9-8-26-17)21-19(23)12-22(28(2,24)25)16-5-3-4-15(20)11-16/h3-7,10-11,13H,8-9,12H2,1-2H3,(H,21,23). The van der Waals surface area contributed by atoms with Crippen molar-refractivity contribution in [1.82, 2.24) is 5.32 Å². The van der Waals surface area contributed by atoms with Gasteiger partial charge >= 0.3 is 0 Å². The largest absolute Gasteiger partial charge is 0.486 e. The van der Waals surface area contributed by atoms with Crippen LogP contribution in [0.4, 0.5) is 10.1 Å². The van der Waals surface area contributed by atoms with Gasteiger partial charge in [0.05, 0.1) is 18.0 Å². The summed E-state index contributed by atoms with van der Waals surface area (Å²) in [5.74, 6) is 0.138. The fourth-order valence-electron chi connectivity index (χ4n) is 2.86. The monoisotopic (exact) mass is 408 g/mol. The first-order chi connectivity index (χ1) is 13.2. The Labute approximate surface area is 163 Å². The summed E-state index contributed by atoms with van der Waals surface area (Å²) in [6, 6.07) is 10.0. The molecule has 0 radical (unpaired) electrons. The van der Waals surface area contributed by atoms with Crippen molar-refractivity contribution in [2.75, 3.05) is 30.3 Å². The van der Waals surface area contributed by atoms with E-state index < -0.39 is 34.3 Å². The summed E-state index contributed by atoms with van der Waals surface area (Å²) in [7, 11) is -3.77. The number of benzene rings is 2. The molecule has 1 atom stereocenters. The number of carbonyl (C=O) groups is 1. The maximum atomic E-state index is 13.5. The highest BCUT2D eigenvalue weighted by molar-refractivity contribution is 7.92. The molecular weight excluding hydrogens is 387 g/mol. The van der Waals surface area contributed by atoms with E-state index in [0.717, 1.165) is 22.2 Å². The molecule has 1 unspecified atom stereocenters. The fraction of sp³-hybridized carbons (Fsp3) is 0.316. The van der Waals surface area contributed by atoms with E-state index >= 15 is 0 Å².